The maximum absolute atomic E-state index is 12.4. The van der Waals surface area contributed by atoms with Crippen molar-refractivity contribution in [3.8, 4) is 5.75 Å². The van der Waals surface area contributed by atoms with Crippen LogP contribution in [-0.2, 0) is 4.79 Å². The monoisotopic (exact) mass is 432 g/mol. The number of carbonyl (C=O) groups is 1. The van der Waals surface area contributed by atoms with E-state index in [4.69, 9.17) is 9.72 Å². The number of aromatic nitrogens is 3. The van der Waals surface area contributed by atoms with Gasteiger partial charge in [-0.2, -0.15) is 0 Å². The smallest absolute Gasteiger partial charge is 0.234 e. The van der Waals surface area contributed by atoms with Gasteiger partial charge in [-0.05, 0) is 24.3 Å². The number of thioether (sulfide) groups is 1. The molecule has 0 aliphatic rings. The second-order valence-electron chi connectivity index (χ2n) is 6.56. The number of hydrogen-bond donors (Lipinski definition) is 1. The lowest BCUT2D eigenvalue weighted by Gasteiger charge is -2.07. The van der Waals surface area contributed by atoms with Gasteiger partial charge in [0.15, 0.2) is 0 Å². The van der Waals surface area contributed by atoms with Gasteiger partial charge in [0.1, 0.15) is 21.9 Å². The highest BCUT2D eigenvalue weighted by atomic mass is 32.2. The Bertz CT molecular complexity index is 1400. The van der Waals surface area contributed by atoms with Crippen LogP contribution in [0.2, 0.25) is 0 Å². The Balaban J connectivity index is 1.41. The lowest BCUT2D eigenvalue weighted by molar-refractivity contribution is -0.113. The van der Waals surface area contributed by atoms with Crippen molar-refractivity contribution < 1.29 is 9.53 Å². The lowest BCUT2D eigenvalue weighted by atomic mass is 10.2. The number of para-hydroxylation sites is 1. The van der Waals surface area contributed by atoms with Crippen molar-refractivity contribution in [1.29, 1.82) is 0 Å². The number of nitrogens with zero attached hydrogens (tertiary/aromatic N) is 3. The van der Waals surface area contributed by atoms with Crippen molar-refractivity contribution >= 4 is 66.0 Å². The average molecular weight is 433 g/mol. The molecular formula is C22H16N4O2S2. The van der Waals surface area contributed by atoms with E-state index in [1.165, 1.54) is 11.8 Å². The van der Waals surface area contributed by atoms with Gasteiger partial charge in [0.05, 0.1) is 28.6 Å². The molecule has 2 aromatic carbocycles. The Morgan fingerprint density at radius 3 is 2.93 bits per heavy atom. The van der Waals surface area contributed by atoms with Crippen LogP contribution in [0.15, 0.2) is 66.0 Å². The van der Waals surface area contributed by atoms with Crippen LogP contribution in [0.1, 0.15) is 0 Å². The number of amides is 1. The molecule has 0 saturated heterocycles. The van der Waals surface area contributed by atoms with Gasteiger partial charge in [-0.3, -0.25) is 4.79 Å². The summed E-state index contributed by atoms with van der Waals surface area (Å²) in [6, 6.07) is 17.4. The number of thiophene rings is 1. The number of nitrogens with one attached hydrogen (secondary N) is 1. The highest BCUT2D eigenvalue weighted by Gasteiger charge is 2.15. The van der Waals surface area contributed by atoms with E-state index in [1.807, 2.05) is 42.5 Å². The number of anilines is 1. The van der Waals surface area contributed by atoms with Crippen molar-refractivity contribution in [2.75, 3.05) is 18.2 Å². The number of hydrogen-bond acceptors (Lipinski definition) is 7. The molecule has 3 aromatic heterocycles. The largest absolute Gasteiger partial charge is 0.497 e. The van der Waals surface area contributed by atoms with Gasteiger partial charge in [0, 0.05) is 22.5 Å². The van der Waals surface area contributed by atoms with Gasteiger partial charge in [-0.25, -0.2) is 15.0 Å². The molecule has 5 aromatic rings. The Labute approximate surface area is 180 Å². The van der Waals surface area contributed by atoms with E-state index in [9.17, 15) is 4.79 Å². The minimum Gasteiger partial charge on any atom is -0.497 e. The van der Waals surface area contributed by atoms with Crippen LogP contribution < -0.4 is 10.1 Å². The summed E-state index contributed by atoms with van der Waals surface area (Å²) >= 11 is 2.95. The van der Waals surface area contributed by atoms with Crippen LogP contribution in [0.3, 0.4) is 0 Å². The zero-order valence-electron chi connectivity index (χ0n) is 16.0. The summed E-state index contributed by atoms with van der Waals surface area (Å²) in [6.45, 7) is 0. The van der Waals surface area contributed by atoms with Crippen molar-refractivity contribution in [3.05, 3.63) is 60.9 Å². The molecule has 0 spiro atoms. The van der Waals surface area contributed by atoms with Crippen LogP contribution in [-0.4, -0.2) is 33.7 Å². The Morgan fingerprint density at radius 1 is 1.13 bits per heavy atom. The number of fused-ring (bicyclic) bond motifs is 4. The topological polar surface area (TPSA) is 77.0 Å². The molecule has 148 valence electrons. The van der Waals surface area contributed by atoms with Crippen LogP contribution in [0.4, 0.5) is 5.69 Å². The lowest BCUT2D eigenvalue weighted by Crippen LogP contribution is -2.14. The standard InChI is InChI=1S/C22H16N4O2S2/c1-28-15-7-4-6-14(10-15)25-18(27)11-29-22-20-19(23-12-24-22)16-9-13-5-2-3-8-17(13)26-21(16)30-20/h2-10,12H,11H2,1H3,(H,25,27). The molecular weight excluding hydrogens is 416 g/mol. The second kappa shape index (κ2) is 7.89. The normalized spacial score (nSPS) is 11.2. The quantitative estimate of drug-likeness (QED) is 0.306. The van der Waals surface area contributed by atoms with E-state index < -0.39 is 0 Å². The minimum atomic E-state index is -0.106. The zero-order valence-corrected chi connectivity index (χ0v) is 17.6. The van der Waals surface area contributed by atoms with E-state index in [0.29, 0.717) is 11.4 Å². The van der Waals surface area contributed by atoms with Crippen LogP contribution in [0.25, 0.3) is 31.3 Å². The fraction of sp³-hybridized carbons (Fsp3) is 0.0909. The fourth-order valence-electron chi connectivity index (χ4n) is 3.22. The number of carbonyl (C=O) groups excluding carboxylic acids is 1. The van der Waals surface area contributed by atoms with Crippen molar-refractivity contribution in [1.82, 2.24) is 15.0 Å². The molecule has 0 radical (unpaired) electrons. The molecule has 0 atom stereocenters. The Kier molecular flexibility index (Phi) is 4.94. The molecule has 0 aliphatic heterocycles. The number of rotatable bonds is 5. The second-order valence-corrected chi connectivity index (χ2v) is 8.52. The highest BCUT2D eigenvalue weighted by Crippen LogP contribution is 2.37. The maximum Gasteiger partial charge on any atom is 0.234 e. The van der Waals surface area contributed by atoms with E-state index in [0.717, 1.165) is 36.4 Å². The van der Waals surface area contributed by atoms with Gasteiger partial charge >= 0.3 is 0 Å². The minimum absolute atomic E-state index is 0.106. The van der Waals surface area contributed by atoms with Crippen molar-refractivity contribution in [2.24, 2.45) is 0 Å². The molecule has 0 fully saturated rings. The summed E-state index contributed by atoms with van der Waals surface area (Å²) in [5.74, 6) is 0.834. The number of pyridine rings is 1. The molecule has 1 N–H and O–H groups in total. The summed E-state index contributed by atoms with van der Waals surface area (Å²) in [5.41, 5.74) is 2.53. The van der Waals surface area contributed by atoms with Crippen LogP contribution in [0, 0.1) is 0 Å². The van der Waals surface area contributed by atoms with Gasteiger partial charge in [-0.1, -0.05) is 36.0 Å². The van der Waals surface area contributed by atoms with Gasteiger partial charge in [-0.15, -0.1) is 11.3 Å². The highest BCUT2D eigenvalue weighted by molar-refractivity contribution is 8.00. The first-order chi connectivity index (χ1) is 14.7. The third kappa shape index (κ3) is 3.55. The molecule has 3 heterocycles. The van der Waals surface area contributed by atoms with Gasteiger partial charge < -0.3 is 10.1 Å². The Morgan fingerprint density at radius 2 is 2.03 bits per heavy atom. The van der Waals surface area contributed by atoms with Crippen molar-refractivity contribution in [3.63, 3.8) is 0 Å². The van der Waals surface area contributed by atoms with E-state index in [1.54, 1.807) is 30.8 Å². The third-order valence-electron chi connectivity index (χ3n) is 4.61. The first kappa shape index (κ1) is 18.8. The predicted octanol–water partition coefficient (Wildman–Crippen LogP) is 5.13. The summed E-state index contributed by atoms with van der Waals surface area (Å²) in [7, 11) is 1.60. The molecule has 8 heteroatoms. The van der Waals surface area contributed by atoms with Crippen LogP contribution >= 0.6 is 23.1 Å². The summed E-state index contributed by atoms with van der Waals surface area (Å²) in [4.78, 5) is 27.0. The molecule has 0 aliphatic carbocycles. The molecule has 0 bridgehead atoms. The van der Waals surface area contributed by atoms with Gasteiger partial charge in [0.25, 0.3) is 0 Å². The van der Waals surface area contributed by atoms with E-state index in [2.05, 4.69) is 21.4 Å². The first-order valence-corrected chi connectivity index (χ1v) is 11.0. The average Bonchev–Trinajstić information content (AvgIpc) is 3.14. The SMILES string of the molecule is COc1cccc(NC(=O)CSc2ncnc3c2sc2nc4ccccc4cc23)c1. The third-order valence-corrected chi connectivity index (χ3v) is 6.82. The maximum atomic E-state index is 12.4. The van der Waals surface area contributed by atoms with E-state index in [-0.39, 0.29) is 11.7 Å². The number of methoxy groups -OCH3 is 1. The summed E-state index contributed by atoms with van der Waals surface area (Å²) in [6.07, 6.45) is 1.55. The van der Waals surface area contributed by atoms with Crippen molar-refractivity contribution in [2.45, 2.75) is 5.03 Å². The van der Waals surface area contributed by atoms with Gasteiger partial charge in [0.2, 0.25) is 5.91 Å². The predicted molar refractivity (Wildman–Crippen MR) is 123 cm³/mol. The van der Waals surface area contributed by atoms with Crippen LogP contribution in [0.5, 0.6) is 5.75 Å². The summed E-state index contributed by atoms with van der Waals surface area (Å²) in [5, 5.41) is 5.77. The molecule has 30 heavy (non-hydrogen) atoms. The first-order valence-electron chi connectivity index (χ1n) is 9.21. The molecule has 0 unspecified atom stereocenters. The fourth-order valence-corrected chi connectivity index (χ4v) is 5.21. The molecule has 1 amide bonds. The number of benzene rings is 2. The molecule has 0 saturated carbocycles. The molecule has 6 nitrogen and oxygen atoms in total. The molecule has 5 rings (SSSR count). The Hall–Kier alpha value is -3.23. The number of ether oxygens (including phenoxy) is 1. The zero-order chi connectivity index (χ0) is 20.5. The van der Waals surface area contributed by atoms with E-state index >= 15 is 0 Å². The summed E-state index contributed by atoms with van der Waals surface area (Å²) < 4.78 is 6.15.